The van der Waals surface area contributed by atoms with E-state index in [9.17, 15) is 4.79 Å². The Morgan fingerprint density at radius 3 is 2.55 bits per heavy atom. The van der Waals surface area contributed by atoms with E-state index in [1.165, 1.54) is 0 Å². The highest BCUT2D eigenvalue weighted by Gasteiger charge is 2.17. The predicted octanol–water partition coefficient (Wildman–Crippen LogP) is 2.58. The molecule has 0 aliphatic rings. The van der Waals surface area contributed by atoms with Crippen molar-refractivity contribution in [3.8, 4) is 11.4 Å². The molecule has 0 unspecified atom stereocenters. The number of rotatable bonds is 3. The lowest BCUT2D eigenvalue weighted by Gasteiger charge is -2.15. The number of aromatic amines is 1. The van der Waals surface area contributed by atoms with Crippen LogP contribution >= 0.6 is 12.2 Å². The average molecular weight is 292 g/mol. The van der Waals surface area contributed by atoms with E-state index in [2.05, 4.69) is 24.0 Å². The summed E-state index contributed by atoms with van der Waals surface area (Å²) in [5.74, 6) is 0.999. The van der Waals surface area contributed by atoms with Crippen molar-refractivity contribution in [3.05, 3.63) is 32.4 Å². The van der Waals surface area contributed by atoms with E-state index in [0.717, 1.165) is 11.3 Å². The number of aromatic nitrogens is 4. The first kappa shape index (κ1) is 14.7. The molecule has 0 radical (unpaired) electrons. The number of aryl methyl sites for hydroxylation is 2. The Morgan fingerprint density at radius 2 is 2.05 bits per heavy atom. The second-order valence-corrected chi connectivity index (χ2v) is 5.95. The summed E-state index contributed by atoms with van der Waals surface area (Å²) in [6, 6.07) is 2.02. The molecule has 2 rings (SSSR count). The molecule has 20 heavy (non-hydrogen) atoms. The average Bonchev–Trinajstić information content (AvgIpc) is 2.66. The molecular weight excluding hydrogens is 272 g/mol. The van der Waals surface area contributed by atoms with Crippen molar-refractivity contribution in [1.29, 1.82) is 0 Å². The smallest absolute Gasteiger partial charge is 0.262 e. The summed E-state index contributed by atoms with van der Waals surface area (Å²) in [6.45, 7) is 8.79. The van der Waals surface area contributed by atoms with Gasteiger partial charge in [0.15, 0.2) is 10.6 Å². The van der Waals surface area contributed by atoms with Crippen LogP contribution in [0.3, 0.4) is 0 Å². The Bertz CT molecular complexity index is 752. The molecule has 0 aliphatic heterocycles. The quantitative estimate of drug-likeness (QED) is 0.885. The minimum Gasteiger partial charge on any atom is -0.312 e. The Kier molecular flexibility index (Phi) is 3.94. The van der Waals surface area contributed by atoms with Crippen molar-refractivity contribution in [3.63, 3.8) is 0 Å². The fourth-order valence-electron chi connectivity index (χ4n) is 2.36. The lowest BCUT2D eigenvalue weighted by molar-refractivity contribution is 0.502. The third kappa shape index (κ3) is 2.47. The molecule has 1 N–H and O–H groups in total. The molecule has 2 aromatic heterocycles. The molecule has 108 valence electrons. The Labute approximate surface area is 123 Å². The van der Waals surface area contributed by atoms with Gasteiger partial charge >= 0.3 is 0 Å². The largest absolute Gasteiger partial charge is 0.312 e. The van der Waals surface area contributed by atoms with Crippen LogP contribution in [0.25, 0.3) is 11.4 Å². The van der Waals surface area contributed by atoms with E-state index in [1.807, 2.05) is 31.5 Å². The van der Waals surface area contributed by atoms with Gasteiger partial charge in [-0.1, -0.05) is 13.8 Å². The Hall–Kier alpha value is -1.69. The van der Waals surface area contributed by atoms with Crippen molar-refractivity contribution in [1.82, 2.24) is 19.3 Å². The van der Waals surface area contributed by atoms with Gasteiger partial charge in [-0.15, -0.1) is 0 Å². The second kappa shape index (κ2) is 5.36. The maximum Gasteiger partial charge on any atom is 0.262 e. The van der Waals surface area contributed by atoms with Crippen LogP contribution in [-0.4, -0.2) is 19.3 Å². The van der Waals surface area contributed by atoms with Gasteiger partial charge < -0.3 is 9.13 Å². The molecule has 2 aromatic rings. The predicted molar refractivity (Wildman–Crippen MR) is 82.4 cm³/mol. The van der Waals surface area contributed by atoms with Crippen LogP contribution in [0, 0.1) is 24.5 Å². The lowest BCUT2D eigenvalue weighted by Crippen LogP contribution is -2.27. The van der Waals surface area contributed by atoms with E-state index < -0.39 is 0 Å². The van der Waals surface area contributed by atoms with Crippen LogP contribution in [0.5, 0.6) is 0 Å². The first-order chi connectivity index (χ1) is 9.32. The summed E-state index contributed by atoms with van der Waals surface area (Å²) < 4.78 is 4.05. The normalized spacial score (nSPS) is 11.3. The maximum absolute atomic E-state index is 12.8. The number of hydrogen-bond acceptors (Lipinski definition) is 3. The Balaban J connectivity index is 2.74. The summed E-state index contributed by atoms with van der Waals surface area (Å²) in [4.78, 5) is 12.8. The number of pyridine rings is 1. The van der Waals surface area contributed by atoms with Gasteiger partial charge in [0.25, 0.3) is 5.56 Å². The zero-order valence-electron chi connectivity index (χ0n) is 12.5. The van der Waals surface area contributed by atoms with Crippen molar-refractivity contribution in [2.24, 2.45) is 13.0 Å². The van der Waals surface area contributed by atoms with Gasteiger partial charge in [-0.25, -0.2) is 0 Å². The molecule has 0 aromatic carbocycles. The first-order valence-corrected chi connectivity index (χ1v) is 7.06. The fraction of sp³-hybridized carbons (Fsp3) is 0.500. The second-order valence-electron chi connectivity index (χ2n) is 5.56. The van der Waals surface area contributed by atoms with Crippen LogP contribution in [0.4, 0.5) is 0 Å². The van der Waals surface area contributed by atoms with E-state index in [0.29, 0.717) is 28.6 Å². The van der Waals surface area contributed by atoms with Crippen LogP contribution in [0.15, 0.2) is 10.9 Å². The molecule has 0 amide bonds. The van der Waals surface area contributed by atoms with Gasteiger partial charge in [0.05, 0.1) is 5.56 Å². The molecule has 0 spiro atoms. The minimum absolute atomic E-state index is 0.00620. The van der Waals surface area contributed by atoms with Crippen molar-refractivity contribution >= 4 is 12.2 Å². The molecular formula is C14H20N4OS. The highest BCUT2D eigenvalue weighted by atomic mass is 32.1. The summed E-state index contributed by atoms with van der Waals surface area (Å²) >= 11 is 5.13. The van der Waals surface area contributed by atoms with Gasteiger partial charge in [0.1, 0.15) is 0 Å². The van der Waals surface area contributed by atoms with E-state index in [1.54, 1.807) is 4.57 Å². The van der Waals surface area contributed by atoms with E-state index in [-0.39, 0.29) is 5.56 Å². The molecule has 0 saturated heterocycles. The number of nitrogens with zero attached hydrogens (tertiary/aromatic N) is 3. The van der Waals surface area contributed by atoms with Crippen LogP contribution < -0.4 is 5.56 Å². The molecule has 0 saturated carbocycles. The zero-order valence-corrected chi connectivity index (χ0v) is 13.3. The number of H-pyrrole nitrogens is 1. The van der Waals surface area contributed by atoms with Crippen molar-refractivity contribution in [2.75, 3.05) is 0 Å². The van der Waals surface area contributed by atoms with E-state index >= 15 is 0 Å². The fourth-order valence-corrected chi connectivity index (χ4v) is 2.49. The topological polar surface area (TPSA) is 55.6 Å². The van der Waals surface area contributed by atoms with Crippen molar-refractivity contribution in [2.45, 2.75) is 34.2 Å². The molecule has 5 nitrogen and oxygen atoms in total. The SMILES string of the molecule is Cc1cc(C)n(CC(C)C)c(=O)c1-c1n[nH]c(=S)n1C. The highest BCUT2D eigenvalue weighted by molar-refractivity contribution is 7.71. The summed E-state index contributed by atoms with van der Waals surface area (Å²) in [6.07, 6.45) is 0. The van der Waals surface area contributed by atoms with Crippen LogP contribution in [0.2, 0.25) is 0 Å². The number of nitrogens with one attached hydrogen (secondary N) is 1. The van der Waals surface area contributed by atoms with Gasteiger partial charge in [-0.2, -0.15) is 5.10 Å². The van der Waals surface area contributed by atoms with Crippen LogP contribution in [0.1, 0.15) is 25.1 Å². The molecule has 0 aliphatic carbocycles. The van der Waals surface area contributed by atoms with Gasteiger partial charge in [0, 0.05) is 19.3 Å². The Morgan fingerprint density at radius 1 is 1.40 bits per heavy atom. The van der Waals surface area contributed by atoms with Gasteiger partial charge in [-0.3, -0.25) is 9.89 Å². The summed E-state index contributed by atoms with van der Waals surface area (Å²) in [5.41, 5.74) is 2.51. The summed E-state index contributed by atoms with van der Waals surface area (Å²) in [5, 5.41) is 6.92. The van der Waals surface area contributed by atoms with E-state index in [4.69, 9.17) is 12.2 Å². The first-order valence-electron chi connectivity index (χ1n) is 6.65. The molecule has 2 heterocycles. The van der Waals surface area contributed by atoms with Crippen LogP contribution in [-0.2, 0) is 13.6 Å². The lowest BCUT2D eigenvalue weighted by atomic mass is 10.1. The third-order valence-electron chi connectivity index (χ3n) is 3.36. The minimum atomic E-state index is -0.00620. The van der Waals surface area contributed by atoms with Gasteiger partial charge in [0.2, 0.25) is 0 Å². The standard InChI is InChI=1S/C14H20N4OS/c1-8(2)7-18-10(4)6-9(3)11(13(18)19)12-15-16-14(20)17(12)5/h6,8H,7H2,1-5H3,(H,16,20). The monoisotopic (exact) mass is 292 g/mol. The van der Waals surface area contributed by atoms with Crippen molar-refractivity contribution < 1.29 is 0 Å². The zero-order chi connectivity index (χ0) is 15.0. The molecule has 6 heteroatoms. The molecule has 0 bridgehead atoms. The molecule has 0 fully saturated rings. The third-order valence-corrected chi connectivity index (χ3v) is 3.72. The van der Waals surface area contributed by atoms with Gasteiger partial charge in [-0.05, 0) is 43.6 Å². The molecule has 0 atom stereocenters. The number of hydrogen-bond donors (Lipinski definition) is 1. The summed E-state index contributed by atoms with van der Waals surface area (Å²) in [7, 11) is 1.81. The highest BCUT2D eigenvalue weighted by Crippen LogP contribution is 2.18. The maximum atomic E-state index is 12.8.